The van der Waals surface area contributed by atoms with Crippen LogP contribution in [-0.2, 0) is 4.74 Å². The van der Waals surface area contributed by atoms with Crippen molar-refractivity contribution in [2.24, 2.45) is 5.92 Å². The third-order valence-corrected chi connectivity index (χ3v) is 12.1. The molecular weight excluding hydrogens is 338 g/mol. The number of aromatic nitrogens is 1. The first-order valence-electron chi connectivity index (χ1n) is 10.1. The Labute approximate surface area is 160 Å². The molecule has 1 aromatic rings. The van der Waals surface area contributed by atoms with E-state index < -0.39 is 8.07 Å². The van der Waals surface area contributed by atoms with E-state index in [1.807, 2.05) is 12.1 Å². The van der Waals surface area contributed by atoms with Gasteiger partial charge in [0.25, 0.3) is 0 Å². The summed E-state index contributed by atoms with van der Waals surface area (Å²) in [6.07, 6.45) is 3.93. The highest BCUT2D eigenvalue weighted by molar-refractivity contribution is 6.90. The molecular formula is C22H35NO2Si. The summed E-state index contributed by atoms with van der Waals surface area (Å²) in [5.41, 5.74) is 6.57. The largest absolute Gasteiger partial charge is 0.476 e. The zero-order valence-corrected chi connectivity index (χ0v) is 18.3. The van der Waals surface area contributed by atoms with Crippen LogP contribution in [0.15, 0.2) is 18.3 Å². The van der Waals surface area contributed by atoms with Crippen molar-refractivity contribution in [2.45, 2.75) is 71.0 Å². The number of rotatable bonds is 6. The van der Waals surface area contributed by atoms with Crippen LogP contribution in [0.1, 0.15) is 59.9 Å². The zero-order chi connectivity index (χ0) is 19.2. The van der Waals surface area contributed by atoms with E-state index in [2.05, 4.69) is 58.0 Å². The van der Waals surface area contributed by atoms with Crippen LogP contribution in [0.5, 0.6) is 5.88 Å². The Hall–Kier alpha value is -1.31. The number of hydrogen-bond donors (Lipinski definition) is 0. The molecule has 4 heteroatoms. The van der Waals surface area contributed by atoms with Crippen molar-refractivity contribution >= 4 is 8.07 Å². The summed E-state index contributed by atoms with van der Waals surface area (Å²) in [5.74, 6) is 4.73. The van der Waals surface area contributed by atoms with Gasteiger partial charge in [0.2, 0.25) is 5.88 Å². The first kappa shape index (κ1) is 21.0. The Kier molecular flexibility index (Phi) is 7.73. The van der Waals surface area contributed by atoms with Crippen molar-refractivity contribution in [3.8, 4) is 17.3 Å². The molecule has 1 fully saturated rings. The molecule has 0 unspecified atom stereocenters. The van der Waals surface area contributed by atoms with Gasteiger partial charge in [-0.15, -0.1) is 5.54 Å². The van der Waals surface area contributed by atoms with Gasteiger partial charge in [-0.3, -0.25) is 0 Å². The lowest BCUT2D eigenvalue weighted by Crippen LogP contribution is -2.43. The lowest BCUT2D eigenvalue weighted by Gasteiger charge is -2.38. The van der Waals surface area contributed by atoms with E-state index in [1.54, 1.807) is 6.20 Å². The normalized spacial score (nSPS) is 16.0. The van der Waals surface area contributed by atoms with Crippen LogP contribution in [0.4, 0.5) is 0 Å². The van der Waals surface area contributed by atoms with E-state index in [9.17, 15) is 0 Å². The summed E-state index contributed by atoms with van der Waals surface area (Å²) in [5, 5.41) is 0. The second-order valence-corrected chi connectivity index (χ2v) is 14.0. The summed E-state index contributed by atoms with van der Waals surface area (Å²) in [6.45, 7) is 16.4. The maximum Gasteiger partial charge on any atom is 0.229 e. The van der Waals surface area contributed by atoms with E-state index in [1.165, 1.54) is 0 Å². The maximum absolute atomic E-state index is 6.07. The van der Waals surface area contributed by atoms with Crippen LogP contribution < -0.4 is 4.74 Å². The third kappa shape index (κ3) is 4.90. The Morgan fingerprint density at radius 1 is 1.12 bits per heavy atom. The molecule has 1 aromatic heterocycles. The van der Waals surface area contributed by atoms with E-state index in [0.717, 1.165) is 31.6 Å². The number of nitrogens with zero attached hydrogens (tertiary/aromatic N) is 1. The Bertz CT molecular complexity index is 603. The van der Waals surface area contributed by atoms with Crippen molar-refractivity contribution in [1.82, 2.24) is 4.98 Å². The summed E-state index contributed by atoms with van der Waals surface area (Å²) < 4.78 is 11.5. The molecule has 144 valence electrons. The first-order chi connectivity index (χ1) is 12.4. The summed E-state index contributed by atoms with van der Waals surface area (Å²) >= 11 is 0. The molecule has 26 heavy (non-hydrogen) atoms. The Morgan fingerprint density at radius 2 is 1.73 bits per heavy atom. The predicted octanol–water partition coefficient (Wildman–Crippen LogP) is 5.46. The number of ether oxygens (including phenoxy) is 2. The number of hydrogen-bond acceptors (Lipinski definition) is 3. The summed E-state index contributed by atoms with van der Waals surface area (Å²) in [6, 6.07) is 3.99. The molecule has 0 aliphatic carbocycles. The molecule has 0 amide bonds. The highest BCUT2D eigenvalue weighted by Gasteiger charge is 2.41. The van der Waals surface area contributed by atoms with Crippen molar-refractivity contribution in [3.63, 3.8) is 0 Å². The zero-order valence-electron chi connectivity index (χ0n) is 17.3. The van der Waals surface area contributed by atoms with Crippen LogP contribution in [0.3, 0.4) is 0 Å². The lowest BCUT2D eigenvalue weighted by molar-refractivity contribution is 0.0490. The van der Waals surface area contributed by atoms with Gasteiger partial charge in [-0.25, -0.2) is 4.98 Å². The number of pyridine rings is 1. The Morgan fingerprint density at radius 3 is 2.31 bits per heavy atom. The van der Waals surface area contributed by atoms with Gasteiger partial charge in [0, 0.05) is 19.4 Å². The maximum atomic E-state index is 6.07. The van der Waals surface area contributed by atoms with E-state index in [4.69, 9.17) is 9.47 Å². The standard InChI is InChI=1S/C22H35NO2Si/c1-17(2)26(18(3)4,19(5)6)15-11-21-8-7-12-23-22(21)25-16-20-9-13-24-14-10-20/h7-8,12,17-20H,9-10,13-14,16H2,1-6H3. The van der Waals surface area contributed by atoms with Gasteiger partial charge in [0.05, 0.1) is 12.2 Å². The molecule has 1 aliphatic rings. The van der Waals surface area contributed by atoms with Crippen LogP contribution in [-0.4, -0.2) is 32.9 Å². The van der Waals surface area contributed by atoms with E-state index in [0.29, 0.717) is 35.0 Å². The van der Waals surface area contributed by atoms with Crippen molar-refractivity contribution < 1.29 is 9.47 Å². The Balaban J connectivity index is 2.22. The van der Waals surface area contributed by atoms with Gasteiger partial charge in [-0.2, -0.15) is 0 Å². The second kappa shape index (κ2) is 9.57. The highest BCUT2D eigenvalue weighted by atomic mass is 28.3. The SMILES string of the molecule is CC(C)[Si](C#Cc1cccnc1OCC1CCOCC1)(C(C)C)C(C)C. The fourth-order valence-corrected chi connectivity index (χ4v) is 9.54. The van der Waals surface area contributed by atoms with E-state index in [-0.39, 0.29) is 0 Å². The monoisotopic (exact) mass is 373 g/mol. The predicted molar refractivity (Wildman–Crippen MR) is 111 cm³/mol. The average molecular weight is 374 g/mol. The van der Waals surface area contributed by atoms with Gasteiger partial charge in [0.1, 0.15) is 8.07 Å². The summed E-state index contributed by atoms with van der Waals surface area (Å²) in [7, 11) is -1.75. The molecule has 1 aliphatic heterocycles. The van der Waals surface area contributed by atoms with Gasteiger partial charge in [-0.1, -0.05) is 47.5 Å². The van der Waals surface area contributed by atoms with Crippen molar-refractivity contribution in [3.05, 3.63) is 23.9 Å². The van der Waals surface area contributed by atoms with Crippen LogP contribution in [0.2, 0.25) is 16.6 Å². The topological polar surface area (TPSA) is 31.4 Å². The minimum atomic E-state index is -1.75. The molecule has 0 N–H and O–H groups in total. The molecule has 2 rings (SSSR count). The molecule has 0 saturated carbocycles. The van der Waals surface area contributed by atoms with E-state index >= 15 is 0 Å². The molecule has 2 heterocycles. The molecule has 0 bridgehead atoms. The minimum absolute atomic E-state index is 0.557. The van der Waals surface area contributed by atoms with Gasteiger partial charge >= 0.3 is 0 Å². The van der Waals surface area contributed by atoms with Crippen LogP contribution >= 0.6 is 0 Å². The van der Waals surface area contributed by atoms with Crippen LogP contribution in [0.25, 0.3) is 0 Å². The van der Waals surface area contributed by atoms with Gasteiger partial charge in [0.15, 0.2) is 0 Å². The molecule has 1 saturated heterocycles. The minimum Gasteiger partial charge on any atom is -0.476 e. The second-order valence-electron chi connectivity index (χ2n) is 8.37. The van der Waals surface area contributed by atoms with Crippen LogP contribution in [0, 0.1) is 17.4 Å². The quantitative estimate of drug-likeness (QED) is 0.490. The fourth-order valence-electron chi connectivity index (χ4n) is 4.32. The fraction of sp³-hybridized carbons (Fsp3) is 0.682. The first-order valence-corrected chi connectivity index (χ1v) is 12.3. The average Bonchev–Trinajstić information content (AvgIpc) is 2.61. The molecule has 0 radical (unpaired) electrons. The smallest absolute Gasteiger partial charge is 0.229 e. The highest BCUT2D eigenvalue weighted by Crippen LogP contribution is 2.40. The molecule has 3 nitrogen and oxygen atoms in total. The van der Waals surface area contributed by atoms with Gasteiger partial charge < -0.3 is 9.47 Å². The third-order valence-electron chi connectivity index (χ3n) is 5.85. The molecule has 0 aromatic carbocycles. The van der Waals surface area contributed by atoms with Gasteiger partial charge in [-0.05, 0) is 47.5 Å². The van der Waals surface area contributed by atoms with Crippen molar-refractivity contribution in [2.75, 3.05) is 19.8 Å². The molecule has 0 spiro atoms. The summed E-state index contributed by atoms with van der Waals surface area (Å²) in [4.78, 5) is 4.46. The molecule has 0 atom stereocenters. The lowest BCUT2D eigenvalue weighted by atomic mass is 10.0. The van der Waals surface area contributed by atoms with Crippen molar-refractivity contribution in [1.29, 1.82) is 0 Å².